The Kier molecular flexibility index (Phi) is 3.35. The molecule has 1 aliphatic heterocycles. The zero-order valence-corrected chi connectivity index (χ0v) is 11.3. The van der Waals surface area contributed by atoms with Crippen molar-refractivity contribution in [1.82, 2.24) is 4.90 Å². The molecule has 0 bridgehead atoms. The van der Waals surface area contributed by atoms with Crippen LogP contribution in [0.1, 0.15) is 48.0 Å². The summed E-state index contributed by atoms with van der Waals surface area (Å²) in [6.07, 6.45) is 3.40. The smallest absolute Gasteiger partial charge is 0.0155 e. The summed E-state index contributed by atoms with van der Waals surface area (Å²) in [4.78, 5) is 2.65. The molecule has 0 saturated carbocycles. The first-order valence-electron chi connectivity index (χ1n) is 6.05. The van der Waals surface area contributed by atoms with Gasteiger partial charge >= 0.3 is 0 Å². The third-order valence-corrected chi connectivity index (χ3v) is 3.53. The number of rotatable bonds is 1. The lowest BCUT2D eigenvalue weighted by Crippen LogP contribution is -2.49. The highest BCUT2D eigenvalue weighted by Crippen LogP contribution is 2.39. The predicted molar refractivity (Wildman–Crippen MR) is 68.0 cm³/mol. The lowest BCUT2D eigenvalue weighted by Gasteiger charge is -2.43. The van der Waals surface area contributed by atoms with Gasteiger partial charge in [-0.2, -0.15) is 0 Å². The standard InChI is InChI=1S/C14H27N/c1-8-11-9-12(13(2,3)4)15(10-11)14(5,6)7/h8,11-12H,1,9-10H2,2-7H3/t11-,12+/m1/s1. The Morgan fingerprint density at radius 3 is 1.93 bits per heavy atom. The van der Waals surface area contributed by atoms with E-state index in [1.165, 1.54) is 13.0 Å². The Bertz CT molecular complexity index is 207. The summed E-state index contributed by atoms with van der Waals surface area (Å²) in [6.45, 7) is 19.1. The van der Waals surface area contributed by atoms with Crippen LogP contribution in [0.5, 0.6) is 0 Å². The fourth-order valence-electron chi connectivity index (χ4n) is 2.60. The normalized spacial score (nSPS) is 29.5. The topological polar surface area (TPSA) is 3.24 Å². The van der Waals surface area contributed by atoms with Crippen molar-refractivity contribution in [2.24, 2.45) is 11.3 Å². The number of nitrogens with zero attached hydrogens (tertiary/aromatic N) is 1. The number of likely N-dealkylation sites (tertiary alicyclic amines) is 1. The minimum Gasteiger partial charge on any atom is -0.294 e. The van der Waals surface area contributed by atoms with Gasteiger partial charge in [-0.25, -0.2) is 0 Å². The van der Waals surface area contributed by atoms with Gasteiger partial charge in [0.05, 0.1) is 0 Å². The Morgan fingerprint density at radius 1 is 1.13 bits per heavy atom. The molecule has 1 fully saturated rings. The van der Waals surface area contributed by atoms with Gasteiger partial charge in [0.15, 0.2) is 0 Å². The molecule has 1 saturated heterocycles. The van der Waals surface area contributed by atoms with E-state index in [9.17, 15) is 0 Å². The van der Waals surface area contributed by atoms with E-state index < -0.39 is 0 Å². The first kappa shape index (κ1) is 12.8. The Morgan fingerprint density at radius 2 is 1.67 bits per heavy atom. The molecule has 1 heteroatoms. The van der Waals surface area contributed by atoms with Crippen molar-refractivity contribution in [1.29, 1.82) is 0 Å². The Labute approximate surface area is 95.5 Å². The van der Waals surface area contributed by atoms with E-state index in [1.54, 1.807) is 0 Å². The molecule has 0 radical (unpaired) electrons. The molecule has 0 amide bonds. The Balaban J connectivity index is 2.89. The third-order valence-electron chi connectivity index (χ3n) is 3.53. The summed E-state index contributed by atoms with van der Waals surface area (Å²) >= 11 is 0. The van der Waals surface area contributed by atoms with Crippen LogP contribution in [0.15, 0.2) is 12.7 Å². The van der Waals surface area contributed by atoms with Gasteiger partial charge in [-0.1, -0.05) is 26.8 Å². The van der Waals surface area contributed by atoms with E-state index in [4.69, 9.17) is 0 Å². The Hall–Kier alpha value is -0.300. The predicted octanol–water partition coefficient (Wildman–Crippen LogP) is 3.71. The highest BCUT2D eigenvalue weighted by atomic mass is 15.2. The minimum absolute atomic E-state index is 0.274. The second kappa shape index (κ2) is 3.93. The monoisotopic (exact) mass is 209 g/mol. The molecule has 0 N–H and O–H groups in total. The van der Waals surface area contributed by atoms with Gasteiger partial charge in [-0.3, -0.25) is 4.90 Å². The van der Waals surface area contributed by atoms with Crippen LogP contribution in [0, 0.1) is 11.3 Å². The number of hydrogen-bond acceptors (Lipinski definition) is 1. The lowest BCUT2D eigenvalue weighted by molar-refractivity contribution is 0.0578. The van der Waals surface area contributed by atoms with Gasteiger partial charge in [0.2, 0.25) is 0 Å². The molecule has 2 atom stereocenters. The van der Waals surface area contributed by atoms with E-state index in [-0.39, 0.29) is 5.54 Å². The molecule has 15 heavy (non-hydrogen) atoms. The van der Waals surface area contributed by atoms with Crippen LogP contribution in [-0.2, 0) is 0 Å². The second-order valence-electron chi connectivity index (χ2n) is 6.94. The summed E-state index contributed by atoms with van der Waals surface area (Å²) < 4.78 is 0. The summed E-state index contributed by atoms with van der Waals surface area (Å²) in [5.41, 5.74) is 0.640. The van der Waals surface area contributed by atoms with Crippen molar-refractivity contribution in [3.63, 3.8) is 0 Å². The molecule has 88 valence electrons. The fourth-order valence-corrected chi connectivity index (χ4v) is 2.60. The summed E-state index contributed by atoms with van der Waals surface area (Å²) in [5.74, 6) is 0.674. The molecule has 1 nitrogen and oxygen atoms in total. The molecule has 0 aromatic carbocycles. The van der Waals surface area contributed by atoms with Gasteiger partial charge in [0.1, 0.15) is 0 Å². The highest BCUT2D eigenvalue weighted by molar-refractivity contribution is 5.01. The van der Waals surface area contributed by atoms with Crippen LogP contribution in [0.4, 0.5) is 0 Å². The maximum Gasteiger partial charge on any atom is 0.0155 e. The zero-order valence-electron chi connectivity index (χ0n) is 11.3. The molecular formula is C14H27N. The first-order chi connectivity index (χ1) is 6.66. The van der Waals surface area contributed by atoms with E-state index >= 15 is 0 Å². The molecule has 0 spiro atoms. The SMILES string of the molecule is C=C[C@@H]1C[C@@H](C(C)(C)C)N(C(C)(C)C)C1. The van der Waals surface area contributed by atoms with Crippen LogP contribution < -0.4 is 0 Å². The molecule has 0 aliphatic carbocycles. The van der Waals surface area contributed by atoms with E-state index in [2.05, 4.69) is 59.1 Å². The van der Waals surface area contributed by atoms with E-state index in [0.717, 1.165) is 0 Å². The largest absolute Gasteiger partial charge is 0.294 e. The molecule has 1 aliphatic rings. The lowest BCUT2D eigenvalue weighted by atomic mass is 9.82. The highest BCUT2D eigenvalue weighted by Gasteiger charge is 2.42. The fraction of sp³-hybridized carbons (Fsp3) is 0.857. The van der Waals surface area contributed by atoms with Crippen molar-refractivity contribution in [2.45, 2.75) is 59.5 Å². The van der Waals surface area contributed by atoms with Crippen LogP contribution in [0.2, 0.25) is 0 Å². The van der Waals surface area contributed by atoms with Gasteiger partial charge in [-0.05, 0) is 38.5 Å². The van der Waals surface area contributed by atoms with E-state index in [1.807, 2.05) is 0 Å². The number of hydrogen-bond donors (Lipinski definition) is 0. The third kappa shape index (κ3) is 2.84. The summed E-state index contributed by atoms with van der Waals surface area (Å²) in [6, 6.07) is 0.681. The molecule has 0 aromatic heterocycles. The molecular weight excluding hydrogens is 182 g/mol. The minimum atomic E-state index is 0.274. The average Bonchev–Trinajstić information content (AvgIpc) is 2.44. The van der Waals surface area contributed by atoms with Crippen LogP contribution in [-0.4, -0.2) is 23.0 Å². The molecule has 0 unspecified atom stereocenters. The van der Waals surface area contributed by atoms with Crippen molar-refractivity contribution in [3.8, 4) is 0 Å². The van der Waals surface area contributed by atoms with Gasteiger partial charge < -0.3 is 0 Å². The quantitative estimate of drug-likeness (QED) is 0.595. The van der Waals surface area contributed by atoms with Crippen molar-refractivity contribution in [3.05, 3.63) is 12.7 Å². The van der Waals surface area contributed by atoms with Crippen molar-refractivity contribution < 1.29 is 0 Å². The van der Waals surface area contributed by atoms with Gasteiger partial charge in [-0.15, -0.1) is 6.58 Å². The summed E-state index contributed by atoms with van der Waals surface area (Å²) in [5, 5.41) is 0. The van der Waals surface area contributed by atoms with Gasteiger partial charge in [0.25, 0.3) is 0 Å². The van der Waals surface area contributed by atoms with Gasteiger partial charge in [0, 0.05) is 18.1 Å². The first-order valence-corrected chi connectivity index (χ1v) is 6.05. The maximum absolute atomic E-state index is 3.95. The second-order valence-corrected chi connectivity index (χ2v) is 6.94. The van der Waals surface area contributed by atoms with E-state index in [0.29, 0.717) is 17.4 Å². The average molecular weight is 209 g/mol. The maximum atomic E-state index is 3.95. The summed E-state index contributed by atoms with van der Waals surface area (Å²) in [7, 11) is 0. The van der Waals surface area contributed by atoms with Crippen molar-refractivity contribution in [2.75, 3.05) is 6.54 Å². The molecule has 1 rings (SSSR count). The van der Waals surface area contributed by atoms with Crippen molar-refractivity contribution >= 4 is 0 Å². The molecule has 1 heterocycles. The molecule has 0 aromatic rings. The van der Waals surface area contributed by atoms with Crippen LogP contribution in [0.3, 0.4) is 0 Å². The van der Waals surface area contributed by atoms with Crippen LogP contribution in [0.25, 0.3) is 0 Å². The zero-order chi connectivity index (χ0) is 11.9. The van der Waals surface area contributed by atoms with Crippen LogP contribution >= 0.6 is 0 Å².